The van der Waals surface area contributed by atoms with E-state index in [1.807, 2.05) is 23.1 Å². The predicted molar refractivity (Wildman–Crippen MR) is 86.5 cm³/mol. The van der Waals surface area contributed by atoms with Gasteiger partial charge in [0.05, 0.1) is 20.6 Å². The number of nitrogens with one attached hydrogen (secondary N) is 1. The van der Waals surface area contributed by atoms with Gasteiger partial charge in [0.25, 0.3) is 0 Å². The van der Waals surface area contributed by atoms with E-state index in [0.29, 0.717) is 24.0 Å². The maximum atomic E-state index is 12.7. The highest BCUT2D eigenvalue weighted by molar-refractivity contribution is 5.79. The Labute approximate surface area is 132 Å². The molecule has 1 atom stereocenters. The monoisotopic (exact) mass is 306 g/mol. The molecule has 1 heterocycles. The Morgan fingerprint density at radius 3 is 2.68 bits per heavy atom. The lowest BCUT2D eigenvalue weighted by atomic mass is 10.1. The highest BCUT2D eigenvalue weighted by Crippen LogP contribution is 2.28. The summed E-state index contributed by atoms with van der Waals surface area (Å²) < 4.78 is 10.5. The molecule has 0 aromatic heterocycles. The second-order valence-electron chi connectivity index (χ2n) is 5.60. The molecule has 1 unspecified atom stereocenters. The minimum absolute atomic E-state index is 0.183. The zero-order valence-electron chi connectivity index (χ0n) is 13.7. The van der Waals surface area contributed by atoms with Crippen LogP contribution in [0.25, 0.3) is 0 Å². The van der Waals surface area contributed by atoms with Crippen molar-refractivity contribution >= 4 is 5.91 Å². The lowest BCUT2D eigenvalue weighted by Crippen LogP contribution is -2.42. The van der Waals surface area contributed by atoms with E-state index in [0.717, 1.165) is 38.0 Å². The molecule has 1 aliphatic rings. The summed E-state index contributed by atoms with van der Waals surface area (Å²) in [5.74, 6) is 1.53. The summed E-state index contributed by atoms with van der Waals surface area (Å²) in [6, 6.07) is 5.99. The van der Waals surface area contributed by atoms with Crippen molar-refractivity contribution in [1.82, 2.24) is 10.2 Å². The van der Waals surface area contributed by atoms with Crippen LogP contribution >= 0.6 is 0 Å². The summed E-state index contributed by atoms with van der Waals surface area (Å²) in [5, 5.41) is 3.33. The van der Waals surface area contributed by atoms with Crippen LogP contribution in [-0.4, -0.2) is 50.7 Å². The summed E-state index contributed by atoms with van der Waals surface area (Å²) in [5.41, 5.74) is 0.953. The van der Waals surface area contributed by atoms with E-state index in [1.54, 1.807) is 14.2 Å². The summed E-state index contributed by atoms with van der Waals surface area (Å²) in [6.07, 6.45) is 2.42. The number of hydrogen-bond acceptors (Lipinski definition) is 4. The molecule has 0 spiro atoms. The zero-order chi connectivity index (χ0) is 15.9. The van der Waals surface area contributed by atoms with E-state index in [9.17, 15) is 4.79 Å². The molecule has 1 N–H and O–H groups in total. The second-order valence-corrected chi connectivity index (χ2v) is 5.60. The summed E-state index contributed by atoms with van der Waals surface area (Å²) in [7, 11) is 3.22. The predicted octanol–water partition coefficient (Wildman–Crippen LogP) is 1.85. The van der Waals surface area contributed by atoms with Crippen LogP contribution in [0.3, 0.4) is 0 Å². The first kappa shape index (κ1) is 16.6. The van der Waals surface area contributed by atoms with Crippen LogP contribution < -0.4 is 14.8 Å². The van der Waals surface area contributed by atoms with E-state index in [-0.39, 0.29) is 5.91 Å². The Hall–Kier alpha value is -1.75. The Kier molecular flexibility index (Phi) is 6.07. The van der Waals surface area contributed by atoms with Gasteiger partial charge in [-0.3, -0.25) is 4.79 Å². The van der Waals surface area contributed by atoms with Crippen LogP contribution in [0.2, 0.25) is 0 Å². The van der Waals surface area contributed by atoms with Gasteiger partial charge in [0.2, 0.25) is 5.91 Å². The van der Waals surface area contributed by atoms with Crippen molar-refractivity contribution in [1.29, 1.82) is 0 Å². The van der Waals surface area contributed by atoms with E-state index in [1.165, 1.54) is 0 Å². The normalized spacial score (nSPS) is 17.3. The number of nitrogens with zero attached hydrogens (tertiary/aromatic N) is 1. The number of carbonyl (C=O) groups excluding carboxylic acids is 1. The maximum absolute atomic E-state index is 12.7. The highest BCUT2D eigenvalue weighted by atomic mass is 16.5. The van der Waals surface area contributed by atoms with Crippen molar-refractivity contribution < 1.29 is 14.3 Å². The molecule has 2 rings (SSSR count). The van der Waals surface area contributed by atoms with Gasteiger partial charge in [0.15, 0.2) is 11.5 Å². The van der Waals surface area contributed by atoms with Crippen molar-refractivity contribution in [3.63, 3.8) is 0 Å². The zero-order valence-corrected chi connectivity index (χ0v) is 13.7. The Morgan fingerprint density at radius 1 is 1.32 bits per heavy atom. The van der Waals surface area contributed by atoms with Crippen molar-refractivity contribution in [2.24, 2.45) is 0 Å². The van der Waals surface area contributed by atoms with Crippen LogP contribution in [0.1, 0.15) is 25.3 Å². The third-order valence-electron chi connectivity index (χ3n) is 4.06. The van der Waals surface area contributed by atoms with Crippen LogP contribution in [-0.2, 0) is 11.2 Å². The van der Waals surface area contributed by atoms with Gasteiger partial charge in [-0.05, 0) is 37.1 Å². The van der Waals surface area contributed by atoms with Gasteiger partial charge in [-0.15, -0.1) is 0 Å². The number of amides is 1. The molecule has 1 amide bonds. The molecule has 1 aromatic rings. The van der Waals surface area contributed by atoms with Gasteiger partial charge in [0, 0.05) is 19.1 Å². The van der Waals surface area contributed by atoms with Gasteiger partial charge in [-0.25, -0.2) is 0 Å². The molecule has 0 aliphatic carbocycles. The van der Waals surface area contributed by atoms with Gasteiger partial charge in [-0.1, -0.05) is 13.0 Å². The minimum Gasteiger partial charge on any atom is -0.493 e. The second kappa shape index (κ2) is 8.03. The fraction of sp³-hybridized carbons (Fsp3) is 0.588. The quantitative estimate of drug-likeness (QED) is 0.835. The van der Waals surface area contributed by atoms with E-state index in [2.05, 4.69) is 12.2 Å². The Bertz CT molecular complexity index is 499. The number of hydrogen-bond donors (Lipinski definition) is 1. The molecule has 0 radical (unpaired) electrons. The van der Waals surface area contributed by atoms with Gasteiger partial charge >= 0.3 is 0 Å². The van der Waals surface area contributed by atoms with Crippen molar-refractivity contribution in [2.75, 3.05) is 33.9 Å². The van der Waals surface area contributed by atoms with Crippen LogP contribution in [0.4, 0.5) is 0 Å². The molecular formula is C17H26N2O3. The molecular weight excluding hydrogens is 280 g/mol. The van der Waals surface area contributed by atoms with Gasteiger partial charge < -0.3 is 19.7 Å². The van der Waals surface area contributed by atoms with Gasteiger partial charge in [-0.2, -0.15) is 0 Å². The Balaban J connectivity index is 2.08. The first-order chi connectivity index (χ1) is 10.7. The third-order valence-corrected chi connectivity index (χ3v) is 4.06. The molecule has 22 heavy (non-hydrogen) atoms. The lowest BCUT2D eigenvalue weighted by molar-refractivity contribution is -0.132. The molecule has 1 fully saturated rings. The topological polar surface area (TPSA) is 50.8 Å². The van der Waals surface area contributed by atoms with Gasteiger partial charge in [0.1, 0.15) is 0 Å². The fourth-order valence-electron chi connectivity index (χ4n) is 2.92. The molecule has 1 saturated heterocycles. The molecule has 5 heteroatoms. The molecule has 122 valence electrons. The number of methoxy groups -OCH3 is 2. The van der Waals surface area contributed by atoms with Crippen molar-refractivity contribution in [3.05, 3.63) is 23.8 Å². The van der Waals surface area contributed by atoms with E-state index in [4.69, 9.17) is 9.47 Å². The summed E-state index contributed by atoms with van der Waals surface area (Å²) in [6.45, 7) is 4.82. The number of benzene rings is 1. The lowest BCUT2D eigenvalue weighted by Gasteiger charge is -2.28. The average Bonchev–Trinajstić information content (AvgIpc) is 3.06. The smallest absolute Gasteiger partial charge is 0.227 e. The average molecular weight is 306 g/mol. The minimum atomic E-state index is 0.183. The molecule has 1 aliphatic heterocycles. The van der Waals surface area contributed by atoms with Crippen molar-refractivity contribution in [2.45, 2.75) is 32.2 Å². The third kappa shape index (κ3) is 3.91. The molecule has 1 aromatic carbocycles. The van der Waals surface area contributed by atoms with Crippen LogP contribution in [0, 0.1) is 0 Å². The van der Waals surface area contributed by atoms with Crippen LogP contribution in [0.15, 0.2) is 18.2 Å². The summed E-state index contributed by atoms with van der Waals surface area (Å²) in [4.78, 5) is 14.7. The van der Waals surface area contributed by atoms with E-state index < -0.39 is 0 Å². The largest absolute Gasteiger partial charge is 0.493 e. The SMILES string of the molecule is CCCN(C(=O)Cc1ccc(OC)c(OC)c1)C1CCNC1. The summed E-state index contributed by atoms with van der Waals surface area (Å²) >= 11 is 0. The number of carbonyl (C=O) groups is 1. The Morgan fingerprint density at radius 2 is 2.09 bits per heavy atom. The molecule has 0 bridgehead atoms. The fourth-order valence-corrected chi connectivity index (χ4v) is 2.92. The first-order valence-corrected chi connectivity index (χ1v) is 7.90. The number of ether oxygens (including phenoxy) is 2. The highest BCUT2D eigenvalue weighted by Gasteiger charge is 2.25. The van der Waals surface area contributed by atoms with Crippen molar-refractivity contribution in [3.8, 4) is 11.5 Å². The first-order valence-electron chi connectivity index (χ1n) is 7.90. The molecule has 5 nitrogen and oxygen atoms in total. The van der Waals surface area contributed by atoms with Crippen LogP contribution in [0.5, 0.6) is 11.5 Å². The number of rotatable bonds is 7. The maximum Gasteiger partial charge on any atom is 0.227 e. The van der Waals surface area contributed by atoms with E-state index >= 15 is 0 Å². The molecule has 0 saturated carbocycles. The standard InChI is InChI=1S/C17H26N2O3/c1-4-9-19(14-7-8-18-12-14)17(20)11-13-5-6-15(21-2)16(10-13)22-3/h5-6,10,14,18H,4,7-9,11-12H2,1-3H3.